The van der Waals surface area contributed by atoms with Crippen molar-refractivity contribution in [3.05, 3.63) is 34.4 Å². The van der Waals surface area contributed by atoms with E-state index in [0.29, 0.717) is 56.9 Å². The lowest BCUT2D eigenvalue weighted by Gasteiger charge is -2.33. The molecule has 1 saturated heterocycles. The van der Waals surface area contributed by atoms with Gasteiger partial charge >= 0.3 is 6.09 Å². The Morgan fingerprint density at radius 3 is 2.54 bits per heavy atom. The summed E-state index contributed by atoms with van der Waals surface area (Å²) in [6.45, 7) is 2.17. The van der Waals surface area contributed by atoms with E-state index in [0.717, 1.165) is 0 Å². The maximum atomic E-state index is 13.0. The van der Waals surface area contributed by atoms with E-state index in [1.165, 1.54) is 21.5 Å². The average Bonchev–Trinajstić information content (AvgIpc) is 2.74. The normalized spacial score (nSPS) is 14.4. The van der Waals surface area contributed by atoms with Gasteiger partial charge < -0.3 is 19.3 Å². The number of methoxy groups -OCH3 is 2. The van der Waals surface area contributed by atoms with Crippen LogP contribution in [0.2, 0.25) is 0 Å². The topological polar surface area (TPSA) is 107 Å². The molecule has 150 valence electrons. The van der Waals surface area contributed by atoms with Crippen LogP contribution in [0, 0.1) is 0 Å². The molecule has 0 N–H and O–H groups in total. The largest absolute Gasteiger partial charge is 0.453 e. The molecule has 0 atom stereocenters. The highest BCUT2D eigenvalue weighted by Gasteiger charge is 2.28. The van der Waals surface area contributed by atoms with Gasteiger partial charge in [0.15, 0.2) is 11.3 Å². The standard InChI is InChI=1S/C18H23N5O5/c1-27-12-4-7-23-15-13(5-3-6-19-15)20-14(17(23)25)16(24)21-8-10-22(11-9-21)18(26)28-2/h3,5-6H,4,7-12H2,1-2H3. The second-order valence-electron chi connectivity index (χ2n) is 6.36. The number of piperazine rings is 1. The van der Waals surface area contributed by atoms with E-state index < -0.39 is 17.6 Å². The fraction of sp³-hybridized carbons (Fsp3) is 0.500. The van der Waals surface area contributed by atoms with Gasteiger partial charge in [-0.25, -0.2) is 14.8 Å². The summed E-state index contributed by atoms with van der Waals surface area (Å²) in [5, 5.41) is 0. The van der Waals surface area contributed by atoms with E-state index in [-0.39, 0.29) is 5.69 Å². The maximum absolute atomic E-state index is 13.0. The van der Waals surface area contributed by atoms with Crippen LogP contribution in [0.4, 0.5) is 4.79 Å². The Bertz CT molecular complexity index is 920. The Morgan fingerprint density at radius 1 is 1.14 bits per heavy atom. The molecule has 3 heterocycles. The number of carbonyl (C=O) groups is 2. The van der Waals surface area contributed by atoms with Crippen LogP contribution in [-0.4, -0.2) is 83.3 Å². The average molecular weight is 389 g/mol. The van der Waals surface area contributed by atoms with Gasteiger partial charge in [-0.3, -0.25) is 14.2 Å². The molecule has 2 aromatic heterocycles. The number of aromatic nitrogens is 3. The smallest absolute Gasteiger partial charge is 0.409 e. The molecule has 2 aromatic rings. The third kappa shape index (κ3) is 3.96. The summed E-state index contributed by atoms with van der Waals surface area (Å²) in [7, 11) is 2.91. The van der Waals surface area contributed by atoms with E-state index in [1.54, 1.807) is 25.4 Å². The third-order valence-electron chi connectivity index (χ3n) is 4.63. The molecular formula is C18H23N5O5. The van der Waals surface area contributed by atoms with Gasteiger partial charge in [0, 0.05) is 52.6 Å². The molecule has 10 nitrogen and oxygen atoms in total. The first-order valence-electron chi connectivity index (χ1n) is 9.03. The Kier molecular flexibility index (Phi) is 6.19. The highest BCUT2D eigenvalue weighted by atomic mass is 16.5. The first-order valence-corrected chi connectivity index (χ1v) is 9.03. The summed E-state index contributed by atoms with van der Waals surface area (Å²) in [5.41, 5.74) is 0.318. The molecule has 1 fully saturated rings. The zero-order valence-electron chi connectivity index (χ0n) is 16.0. The number of pyridine rings is 1. The Morgan fingerprint density at radius 2 is 1.86 bits per heavy atom. The van der Waals surface area contributed by atoms with Crippen LogP contribution in [0.25, 0.3) is 11.2 Å². The van der Waals surface area contributed by atoms with Crippen molar-refractivity contribution in [3.8, 4) is 0 Å². The van der Waals surface area contributed by atoms with Crippen LogP contribution < -0.4 is 5.56 Å². The summed E-state index contributed by atoms with van der Waals surface area (Å²) < 4.78 is 11.2. The van der Waals surface area contributed by atoms with Gasteiger partial charge in [0.2, 0.25) is 0 Å². The molecule has 1 aliphatic heterocycles. The van der Waals surface area contributed by atoms with Gasteiger partial charge in [0.05, 0.1) is 7.11 Å². The molecule has 2 amide bonds. The van der Waals surface area contributed by atoms with Crippen molar-refractivity contribution >= 4 is 23.2 Å². The fourth-order valence-corrected chi connectivity index (χ4v) is 3.16. The first-order chi connectivity index (χ1) is 13.6. The number of aryl methyl sites for hydroxylation is 1. The first kappa shape index (κ1) is 19.7. The fourth-order valence-electron chi connectivity index (χ4n) is 3.16. The predicted octanol–water partition coefficient (Wildman–Crippen LogP) is 0.352. The molecular weight excluding hydrogens is 366 g/mol. The van der Waals surface area contributed by atoms with Crippen molar-refractivity contribution in [2.24, 2.45) is 0 Å². The van der Waals surface area contributed by atoms with Gasteiger partial charge in [-0.1, -0.05) is 0 Å². The van der Waals surface area contributed by atoms with Crippen molar-refractivity contribution in [1.82, 2.24) is 24.3 Å². The molecule has 0 saturated carbocycles. The van der Waals surface area contributed by atoms with Crippen molar-refractivity contribution in [1.29, 1.82) is 0 Å². The minimum atomic E-state index is -0.470. The van der Waals surface area contributed by atoms with Gasteiger partial charge in [0.1, 0.15) is 5.52 Å². The number of amides is 2. The second-order valence-corrected chi connectivity index (χ2v) is 6.36. The second kappa shape index (κ2) is 8.79. The highest BCUT2D eigenvalue weighted by Crippen LogP contribution is 2.11. The summed E-state index contributed by atoms with van der Waals surface area (Å²) in [6, 6.07) is 3.43. The third-order valence-corrected chi connectivity index (χ3v) is 4.63. The summed E-state index contributed by atoms with van der Waals surface area (Å²) in [4.78, 5) is 49.1. The van der Waals surface area contributed by atoms with Crippen LogP contribution in [0.15, 0.2) is 23.1 Å². The number of ether oxygens (including phenoxy) is 2. The minimum Gasteiger partial charge on any atom is -0.453 e. The van der Waals surface area contributed by atoms with Crippen LogP contribution in [-0.2, 0) is 16.0 Å². The molecule has 10 heteroatoms. The highest BCUT2D eigenvalue weighted by molar-refractivity contribution is 5.93. The van der Waals surface area contributed by atoms with Crippen molar-refractivity contribution in [2.75, 3.05) is 47.0 Å². The van der Waals surface area contributed by atoms with Gasteiger partial charge in [-0.2, -0.15) is 0 Å². The molecule has 0 aromatic carbocycles. The Balaban J connectivity index is 1.88. The minimum absolute atomic E-state index is 0.135. The van der Waals surface area contributed by atoms with E-state index >= 15 is 0 Å². The summed E-state index contributed by atoms with van der Waals surface area (Å²) in [5.74, 6) is -0.444. The molecule has 1 aliphatic rings. The number of rotatable bonds is 5. The molecule has 0 bridgehead atoms. The van der Waals surface area contributed by atoms with E-state index in [4.69, 9.17) is 9.47 Å². The van der Waals surface area contributed by atoms with Gasteiger partial charge in [-0.05, 0) is 18.6 Å². The lowest BCUT2D eigenvalue weighted by molar-refractivity contribution is 0.0592. The molecule has 0 spiro atoms. The zero-order chi connectivity index (χ0) is 20.1. The van der Waals surface area contributed by atoms with E-state index in [2.05, 4.69) is 9.97 Å². The zero-order valence-corrected chi connectivity index (χ0v) is 16.0. The Hall–Kier alpha value is -3.01. The molecule has 0 aliphatic carbocycles. The van der Waals surface area contributed by atoms with Gasteiger partial charge in [0.25, 0.3) is 11.5 Å². The Labute approximate surface area is 161 Å². The predicted molar refractivity (Wildman–Crippen MR) is 100 cm³/mol. The number of hydrogen-bond acceptors (Lipinski definition) is 7. The quantitative estimate of drug-likeness (QED) is 0.679. The van der Waals surface area contributed by atoms with Crippen molar-refractivity contribution < 1.29 is 19.1 Å². The summed E-state index contributed by atoms with van der Waals surface area (Å²) >= 11 is 0. The number of hydrogen-bond donors (Lipinski definition) is 0. The SMILES string of the molecule is COCCCn1c(=O)c(C(=O)N2CCN(C(=O)OC)CC2)nc2cccnc21. The van der Waals surface area contributed by atoms with Crippen LogP contribution in [0.1, 0.15) is 16.9 Å². The van der Waals surface area contributed by atoms with Crippen molar-refractivity contribution in [2.45, 2.75) is 13.0 Å². The molecule has 28 heavy (non-hydrogen) atoms. The van der Waals surface area contributed by atoms with Gasteiger partial charge in [-0.15, -0.1) is 0 Å². The molecule has 0 unspecified atom stereocenters. The summed E-state index contributed by atoms with van der Waals surface area (Å²) in [6.07, 6.45) is 1.77. The van der Waals surface area contributed by atoms with Crippen molar-refractivity contribution in [3.63, 3.8) is 0 Å². The van der Waals surface area contributed by atoms with Crippen LogP contribution >= 0.6 is 0 Å². The van der Waals surface area contributed by atoms with Crippen LogP contribution in [0.3, 0.4) is 0 Å². The number of carbonyl (C=O) groups excluding carboxylic acids is 2. The van der Waals surface area contributed by atoms with E-state index in [1.807, 2.05) is 0 Å². The number of nitrogens with zero attached hydrogens (tertiary/aromatic N) is 5. The lowest BCUT2D eigenvalue weighted by Crippen LogP contribution is -2.51. The monoisotopic (exact) mass is 389 g/mol. The van der Waals surface area contributed by atoms with Crippen LogP contribution in [0.5, 0.6) is 0 Å². The molecule has 3 rings (SSSR count). The number of fused-ring (bicyclic) bond motifs is 1. The maximum Gasteiger partial charge on any atom is 0.409 e. The lowest BCUT2D eigenvalue weighted by atomic mass is 10.2. The van der Waals surface area contributed by atoms with E-state index in [9.17, 15) is 14.4 Å². The molecule has 0 radical (unpaired) electrons.